The van der Waals surface area contributed by atoms with Crippen LogP contribution in [0.5, 0.6) is 0 Å². The number of hydrogen-bond donors (Lipinski definition) is 2. The largest absolute Gasteiger partial charge is 0.330 e. The Bertz CT molecular complexity index is 25.3. The van der Waals surface area contributed by atoms with Gasteiger partial charge in [-0.3, -0.25) is 0 Å². The van der Waals surface area contributed by atoms with E-state index >= 15 is 0 Å². The molecule has 2 nitrogen and oxygen atoms in total. The van der Waals surface area contributed by atoms with Gasteiger partial charge < -0.3 is 11.5 Å². The van der Waals surface area contributed by atoms with Crippen LogP contribution in [0.2, 0.25) is 0 Å². The molecule has 0 aliphatic rings. The highest BCUT2D eigenvalue weighted by Gasteiger charge is 1.80. The predicted molar refractivity (Wildman–Crippen MR) is 32.0 cm³/mol. The maximum absolute atomic E-state index is 5.23. The van der Waals surface area contributed by atoms with Gasteiger partial charge in [0.2, 0.25) is 0 Å². The van der Waals surface area contributed by atoms with Crippen LogP contribution in [-0.4, -0.2) is 13.1 Å². The average Bonchev–Trinajstić information content (AvgIpc) is 1.69. The summed E-state index contributed by atoms with van der Waals surface area (Å²) in [6.07, 6.45) is 3.43. The van der Waals surface area contributed by atoms with Gasteiger partial charge in [-0.2, -0.15) is 0 Å². The summed E-state index contributed by atoms with van der Waals surface area (Å²) in [6, 6.07) is 0. The van der Waals surface area contributed by atoms with Crippen molar-refractivity contribution in [3.63, 3.8) is 0 Å². The number of hydrogen-bond acceptors (Lipinski definition) is 2. The van der Waals surface area contributed by atoms with Crippen LogP contribution in [0, 0.1) is 0 Å². The molecule has 0 aromatic heterocycles. The molecule has 0 fully saturated rings. The van der Waals surface area contributed by atoms with Gasteiger partial charge in [0.25, 0.3) is 0 Å². The van der Waals surface area contributed by atoms with Crippen molar-refractivity contribution in [2.45, 2.75) is 19.3 Å². The SMILES string of the molecule is N[14CH2]CCC[14CH2]N. The van der Waals surface area contributed by atoms with Gasteiger partial charge in [-0.1, -0.05) is 6.42 Å². The van der Waals surface area contributed by atoms with Gasteiger partial charge in [0, 0.05) is 0 Å². The Morgan fingerprint density at radius 2 is 1.43 bits per heavy atom. The van der Waals surface area contributed by atoms with Crippen molar-refractivity contribution in [1.82, 2.24) is 0 Å². The molecule has 0 radical (unpaired) electrons. The lowest BCUT2D eigenvalue weighted by molar-refractivity contribution is 0.695. The third kappa shape index (κ3) is 5.92. The molecule has 44 valence electrons. The first-order valence-electron chi connectivity index (χ1n) is 2.82. The molecule has 4 N–H and O–H groups in total. The normalized spacial score (nSPS) is 9.43. The van der Waals surface area contributed by atoms with Gasteiger partial charge in [-0.25, -0.2) is 0 Å². The van der Waals surface area contributed by atoms with E-state index in [9.17, 15) is 0 Å². The van der Waals surface area contributed by atoms with Crippen molar-refractivity contribution in [3.05, 3.63) is 0 Å². The van der Waals surface area contributed by atoms with Crippen LogP contribution < -0.4 is 11.5 Å². The molecule has 0 amide bonds. The van der Waals surface area contributed by atoms with Gasteiger partial charge in [-0.05, 0) is 25.9 Å². The molecule has 0 heterocycles. The molecule has 0 aliphatic carbocycles. The van der Waals surface area contributed by atoms with Gasteiger partial charge in [0.05, 0.1) is 0 Å². The summed E-state index contributed by atoms with van der Waals surface area (Å²) in [5, 5.41) is 0. The summed E-state index contributed by atoms with van der Waals surface area (Å²) in [6.45, 7) is 1.61. The van der Waals surface area contributed by atoms with E-state index in [2.05, 4.69) is 0 Å². The molecular weight excluding hydrogens is 92.1 g/mol. The Balaban J connectivity index is 2.45. The molecule has 0 spiro atoms. The Morgan fingerprint density at radius 1 is 1.00 bits per heavy atom. The fourth-order valence-electron chi connectivity index (χ4n) is 0.465. The molecule has 0 rings (SSSR count). The van der Waals surface area contributed by atoms with Crippen LogP contribution in [0.1, 0.15) is 19.3 Å². The zero-order valence-electron chi connectivity index (χ0n) is 4.69. The monoisotopic (exact) mass is 106 g/mol. The molecule has 0 aromatic rings. The minimum absolute atomic E-state index is 0.806. The van der Waals surface area contributed by atoms with Crippen LogP contribution in [-0.2, 0) is 0 Å². The summed E-state index contributed by atoms with van der Waals surface area (Å²) in [4.78, 5) is 0. The van der Waals surface area contributed by atoms with Gasteiger partial charge in [0.1, 0.15) is 0 Å². The van der Waals surface area contributed by atoms with E-state index in [1.54, 1.807) is 0 Å². The minimum atomic E-state index is 0.806. The number of unbranched alkanes of at least 4 members (excludes halogenated alkanes) is 2. The van der Waals surface area contributed by atoms with Crippen molar-refractivity contribution in [2.24, 2.45) is 11.5 Å². The first-order valence-corrected chi connectivity index (χ1v) is 2.82. The van der Waals surface area contributed by atoms with Gasteiger partial charge >= 0.3 is 0 Å². The minimum Gasteiger partial charge on any atom is -0.330 e. The third-order valence-corrected chi connectivity index (χ3v) is 0.908. The third-order valence-electron chi connectivity index (χ3n) is 0.908. The Morgan fingerprint density at radius 3 is 1.71 bits per heavy atom. The van der Waals surface area contributed by atoms with E-state index in [1.807, 2.05) is 0 Å². The second-order valence-corrected chi connectivity index (χ2v) is 1.64. The van der Waals surface area contributed by atoms with E-state index in [1.165, 1.54) is 6.42 Å². The zero-order chi connectivity index (χ0) is 5.54. The highest BCUT2D eigenvalue weighted by atomic mass is 15.2. The topological polar surface area (TPSA) is 52.0 Å². The molecular formula is C5H14N2. The number of rotatable bonds is 4. The van der Waals surface area contributed by atoms with E-state index in [-0.39, 0.29) is 0 Å². The van der Waals surface area contributed by atoms with E-state index in [4.69, 9.17) is 11.5 Å². The smallest absolute Gasteiger partial charge is 0.00773 e. The molecule has 0 unspecified atom stereocenters. The van der Waals surface area contributed by atoms with Crippen LogP contribution >= 0.6 is 0 Å². The van der Waals surface area contributed by atoms with Crippen molar-refractivity contribution in [1.29, 1.82) is 0 Å². The standard InChI is InChI=1S/C5H14N2/c6-4-2-1-3-5-7/h1-7H2/i4+2,5+2. The molecule has 0 aliphatic heterocycles. The van der Waals surface area contributed by atoms with Crippen molar-refractivity contribution >= 4 is 0 Å². The molecule has 0 saturated carbocycles. The molecule has 7 heavy (non-hydrogen) atoms. The molecule has 0 atom stereocenters. The van der Waals surface area contributed by atoms with Crippen LogP contribution in [0.15, 0.2) is 0 Å². The predicted octanol–water partition coefficient (Wildman–Crippen LogP) is 0.0741. The fraction of sp³-hybridized carbons (Fsp3) is 1.00. The number of nitrogens with two attached hydrogens (primary N) is 2. The lowest BCUT2D eigenvalue weighted by Gasteiger charge is -1.91. The lowest BCUT2D eigenvalue weighted by Crippen LogP contribution is -2.02. The van der Waals surface area contributed by atoms with Crippen LogP contribution in [0.25, 0.3) is 0 Å². The maximum atomic E-state index is 5.23. The maximum Gasteiger partial charge on any atom is -0.00773 e. The second kappa shape index (κ2) is 5.92. The Labute approximate surface area is 44.9 Å². The molecule has 0 aromatic carbocycles. The van der Waals surface area contributed by atoms with E-state index in [0.717, 1.165) is 25.9 Å². The fourth-order valence-corrected chi connectivity index (χ4v) is 0.465. The first kappa shape index (κ1) is 6.92. The first-order chi connectivity index (χ1) is 3.41. The zero-order valence-corrected chi connectivity index (χ0v) is 4.69. The summed E-state index contributed by atoms with van der Waals surface area (Å²) in [5.41, 5.74) is 10.5. The van der Waals surface area contributed by atoms with Crippen molar-refractivity contribution in [3.8, 4) is 0 Å². The quantitative estimate of drug-likeness (QED) is 0.498. The summed E-state index contributed by atoms with van der Waals surface area (Å²) >= 11 is 0. The molecule has 0 bridgehead atoms. The summed E-state index contributed by atoms with van der Waals surface area (Å²) in [5.74, 6) is 0. The summed E-state index contributed by atoms with van der Waals surface area (Å²) in [7, 11) is 0. The van der Waals surface area contributed by atoms with Crippen molar-refractivity contribution < 1.29 is 0 Å². The van der Waals surface area contributed by atoms with Gasteiger partial charge in [0.15, 0.2) is 0 Å². The van der Waals surface area contributed by atoms with E-state index in [0.29, 0.717) is 0 Å². The Hall–Kier alpha value is -0.0800. The summed E-state index contributed by atoms with van der Waals surface area (Å²) < 4.78 is 0. The van der Waals surface area contributed by atoms with Crippen LogP contribution in [0.3, 0.4) is 0 Å². The second-order valence-electron chi connectivity index (χ2n) is 1.64. The van der Waals surface area contributed by atoms with E-state index < -0.39 is 0 Å². The Kier molecular flexibility index (Phi) is 5.85. The van der Waals surface area contributed by atoms with Crippen molar-refractivity contribution in [2.75, 3.05) is 13.1 Å². The lowest BCUT2D eigenvalue weighted by atomic mass is 10.4. The van der Waals surface area contributed by atoms with Gasteiger partial charge in [-0.15, -0.1) is 0 Å². The highest BCUT2D eigenvalue weighted by molar-refractivity contribution is 4.41. The molecule has 2 heteroatoms. The average molecular weight is 106 g/mol. The van der Waals surface area contributed by atoms with Crippen LogP contribution in [0.4, 0.5) is 0 Å². The molecule has 0 saturated heterocycles. The highest BCUT2D eigenvalue weighted by Crippen LogP contribution is 1.88.